The van der Waals surface area contributed by atoms with E-state index in [0.717, 1.165) is 51.4 Å². The summed E-state index contributed by atoms with van der Waals surface area (Å²) in [5.74, 6) is -0.338. The minimum absolute atomic E-state index is 0.144. The molecule has 0 aromatic heterocycles. The van der Waals surface area contributed by atoms with Crippen LogP contribution in [0.1, 0.15) is 142 Å². The normalized spacial score (nSPS) is 27.5. The predicted octanol–water partition coefficient (Wildman–Crippen LogP) is 6.21. The minimum Gasteiger partial charge on any atom is -0.394 e. The van der Waals surface area contributed by atoms with Crippen LogP contribution in [0.5, 0.6) is 0 Å². The minimum atomic E-state index is -1.80. The van der Waals surface area contributed by atoms with E-state index in [9.17, 15) is 45.6 Å². The van der Waals surface area contributed by atoms with Crippen LogP contribution in [0.3, 0.4) is 0 Å². The Bertz CT molecular complexity index is 1430. The van der Waals surface area contributed by atoms with Gasteiger partial charge >= 0.3 is 0 Å². The first-order chi connectivity index (χ1) is 32.1. The molecular formula is C52H87NO13. The first kappa shape index (κ1) is 59.3. The summed E-state index contributed by atoms with van der Waals surface area (Å²) in [6.07, 6.45) is 32.2. The molecule has 0 saturated carbocycles. The number of amides is 1. The van der Waals surface area contributed by atoms with Gasteiger partial charge in [-0.05, 0) is 70.6 Å². The van der Waals surface area contributed by atoms with Crippen LogP contribution in [0, 0.1) is 0 Å². The highest BCUT2D eigenvalue weighted by Gasteiger charge is 2.51. The number of carbonyl (C=O) groups is 1. The Morgan fingerprint density at radius 3 is 1.65 bits per heavy atom. The molecule has 12 unspecified atom stereocenters. The van der Waals surface area contributed by atoms with E-state index in [1.165, 1.54) is 57.8 Å². The van der Waals surface area contributed by atoms with Gasteiger partial charge in [-0.3, -0.25) is 4.79 Å². The van der Waals surface area contributed by atoms with Crippen molar-refractivity contribution >= 4 is 5.91 Å². The Kier molecular flexibility index (Phi) is 34.2. The zero-order valence-corrected chi connectivity index (χ0v) is 39.9. The molecule has 0 bridgehead atoms. The molecule has 12 atom stereocenters. The van der Waals surface area contributed by atoms with Gasteiger partial charge in [0.1, 0.15) is 48.8 Å². The summed E-state index contributed by atoms with van der Waals surface area (Å²) >= 11 is 0. The van der Waals surface area contributed by atoms with Crippen LogP contribution in [0.15, 0.2) is 85.1 Å². The van der Waals surface area contributed by atoms with Gasteiger partial charge in [0, 0.05) is 6.42 Å². The lowest BCUT2D eigenvalue weighted by Crippen LogP contribution is -2.65. The molecule has 2 heterocycles. The summed E-state index contributed by atoms with van der Waals surface area (Å²) in [5.41, 5.74) is 0. The fourth-order valence-electron chi connectivity index (χ4n) is 7.51. The third-order valence-electron chi connectivity index (χ3n) is 11.6. The van der Waals surface area contributed by atoms with Crippen LogP contribution < -0.4 is 5.32 Å². The molecule has 0 aromatic rings. The number of ether oxygens (including phenoxy) is 4. The van der Waals surface area contributed by atoms with Crippen molar-refractivity contribution in [3.05, 3.63) is 85.1 Å². The number of aliphatic hydroxyl groups is 8. The van der Waals surface area contributed by atoms with Gasteiger partial charge in [-0.15, -0.1) is 0 Å². The summed E-state index contributed by atoms with van der Waals surface area (Å²) in [5, 5.41) is 86.5. The number of allylic oxidation sites excluding steroid dienone is 13. The molecule has 2 fully saturated rings. The van der Waals surface area contributed by atoms with Gasteiger partial charge in [-0.25, -0.2) is 0 Å². The Morgan fingerprint density at radius 2 is 1.06 bits per heavy atom. The molecule has 2 rings (SSSR count). The van der Waals surface area contributed by atoms with Gasteiger partial charge in [-0.2, -0.15) is 0 Å². The standard InChI is InChI=1S/C52H87NO13/c1-3-5-7-9-11-13-15-17-18-19-20-21-22-24-25-27-29-31-33-35-41(56)40(53-44(57)36-34-32-30-28-26-23-16-14-12-10-8-6-4-2)39-63-51-49(62)47(60)50(43(38-55)65-51)66-52-48(61)46(59)45(58)42(37-54)64-52/h6,8,12,14,20-21,23,25-27,30,32-33,35,40-43,45-52,54-56,58-62H,3-5,7,9-11,13,15-19,22,24,28-29,31,34,36-39H2,1-2H3,(H,53,57)/b8-6-,14-12-,21-20+,26-23-,27-25+,32-30-,35-33+. The maximum Gasteiger partial charge on any atom is 0.220 e. The van der Waals surface area contributed by atoms with E-state index in [0.29, 0.717) is 12.8 Å². The van der Waals surface area contributed by atoms with Crippen LogP contribution in [0.25, 0.3) is 0 Å². The van der Waals surface area contributed by atoms with E-state index >= 15 is 0 Å². The average molecular weight is 934 g/mol. The first-order valence-electron chi connectivity index (χ1n) is 24.8. The van der Waals surface area contributed by atoms with Crippen LogP contribution in [0.2, 0.25) is 0 Å². The van der Waals surface area contributed by atoms with Crippen LogP contribution in [0.4, 0.5) is 0 Å². The molecule has 9 N–H and O–H groups in total. The highest BCUT2D eigenvalue weighted by Crippen LogP contribution is 2.30. The van der Waals surface area contributed by atoms with Gasteiger partial charge in [0.05, 0.1) is 32.0 Å². The molecule has 2 aliphatic heterocycles. The molecule has 14 nitrogen and oxygen atoms in total. The van der Waals surface area contributed by atoms with Crippen molar-refractivity contribution in [2.75, 3.05) is 19.8 Å². The lowest BCUT2D eigenvalue weighted by molar-refractivity contribution is -0.359. The molecule has 14 heteroatoms. The number of unbranched alkanes of at least 4 members (excludes halogenated alkanes) is 11. The van der Waals surface area contributed by atoms with Crippen LogP contribution >= 0.6 is 0 Å². The second-order valence-corrected chi connectivity index (χ2v) is 17.2. The highest BCUT2D eigenvalue weighted by atomic mass is 16.7. The number of nitrogens with one attached hydrogen (secondary N) is 1. The molecule has 2 aliphatic rings. The number of hydrogen-bond acceptors (Lipinski definition) is 13. The van der Waals surface area contributed by atoms with E-state index in [-0.39, 0.29) is 18.9 Å². The molecular weight excluding hydrogens is 847 g/mol. The van der Waals surface area contributed by atoms with Crippen molar-refractivity contribution < 1.29 is 64.6 Å². The van der Waals surface area contributed by atoms with Crippen molar-refractivity contribution in [2.45, 2.75) is 216 Å². The maximum atomic E-state index is 13.1. The van der Waals surface area contributed by atoms with E-state index in [2.05, 4.69) is 79.9 Å². The SMILES string of the molecule is CC/C=C\C/C=C\C/C=C\C/C=C\CCC(=O)NC(COC1OC(CO)C(OC2OC(CO)C(O)C(O)C2O)C(O)C1O)C(O)/C=C/CC/C=C/CC/C=C/CCCCCCCCCCC. The van der Waals surface area contributed by atoms with Crippen LogP contribution in [-0.4, -0.2) is 140 Å². The monoisotopic (exact) mass is 934 g/mol. The molecule has 0 radical (unpaired) electrons. The molecule has 0 aromatic carbocycles. The summed E-state index contributed by atoms with van der Waals surface area (Å²) in [6.45, 7) is 2.56. The zero-order valence-electron chi connectivity index (χ0n) is 39.9. The quantitative estimate of drug-likeness (QED) is 0.0252. The Morgan fingerprint density at radius 1 is 0.561 bits per heavy atom. The number of rotatable bonds is 36. The molecule has 0 spiro atoms. The third-order valence-corrected chi connectivity index (χ3v) is 11.6. The molecule has 0 aliphatic carbocycles. The Hall–Kier alpha value is -2.83. The van der Waals surface area contributed by atoms with Gasteiger partial charge in [0.2, 0.25) is 5.91 Å². The second kappa shape index (κ2) is 38.1. The molecule has 378 valence electrons. The first-order valence-corrected chi connectivity index (χ1v) is 24.8. The van der Waals surface area contributed by atoms with Crippen molar-refractivity contribution in [1.29, 1.82) is 0 Å². The largest absolute Gasteiger partial charge is 0.394 e. The van der Waals surface area contributed by atoms with Crippen LogP contribution in [-0.2, 0) is 23.7 Å². The fourth-order valence-corrected chi connectivity index (χ4v) is 7.51. The summed E-state index contributed by atoms with van der Waals surface area (Å²) in [4.78, 5) is 13.1. The molecule has 2 saturated heterocycles. The van der Waals surface area contributed by atoms with E-state index in [4.69, 9.17) is 18.9 Å². The average Bonchev–Trinajstić information content (AvgIpc) is 3.31. The van der Waals surface area contributed by atoms with E-state index < -0.39 is 86.8 Å². The van der Waals surface area contributed by atoms with Crippen molar-refractivity contribution in [1.82, 2.24) is 5.32 Å². The zero-order chi connectivity index (χ0) is 48.2. The van der Waals surface area contributed by atoms with Gasteiger partial charge < -0.3 is 65.1 Å². The summed E-state index contributed by atoms with van der Waals surface area (Å²) in [6, 6.07) is -0.979. The third kappa shape index (κ3) is 25.0. The van der Waals surface area contributed by atoms with Crippen molar-refractivity contribution in [3.63, 3.8) is 0 Å². The topological polar surface area (TPSA) is 228 Å². The van der Waals surface area contributed by atoms with Gasteiger partial charge in [0.25, 0.3) is 0 Å². The summed E-state index contributed by atoms with van der Waals surface area (Å²) < 4.78 is 22.6. The number of hydrogen-bond donors (Lipinski definition) is 9. The number of aliphatic hydroxyl groups excluding tert-OH is 8. The van der Waals surface area contributed by atoms with E-state index in [1.807, 2.05) is 18.2 Å². The maximum absolute atomic E-state index is 13.1. The van der Waals surface area contributed by atoms with Gasteiger partial charge in [0.15, 0.2) is 12.6 Å². The lowest BCUT2D eigenvalue weighted by atomic mass is 9.97. The molecule has 1 amide bonds. The number of carbonyl (C=O) groups excluding carboxylic acids is 1. The predicted molar refractivity (Wildman–Crippen MR) is 258 cm³/mol. The van der Waals surface area contributed by atoms with Crippen molar-refractivity contribution in [2.24, 2.45) is 0 Å². The Labute approximate surface area is 395 Å². The van der Waals surface area contributed by atoms with Gasteiger partial charge in [-0.1, -0.05) is 150 Å². The van der Waals surface area contributed by atoms with Crippen molar-refractivity contribution in [3.8, 4) is 0 Å². The highest BCUT2D eigenvalue weighted by molar-refractivity contribution is 5.76. The smallest absolute Gasteiger partial charge is 0.220 e. The molecule has 66 heavy (non-hydrogen) atoms. The summed E-state index contributed by atoms with van der Waals surface area (Å²) in [7, 11) is 0. The fraction of sp³-hybridized carbons (Fsp3) is 0.712. The second-order valence-electron chi connectivity index (χ2n) is 17.2. The lowest BCUT2D eigenvalue weighted by Gasteiger charge is -2.46. The van der Waals surface area contributed by atoms with E-state index in [1.54, 1.807) is 6.08 Å². The Balaban J connectivity index is 1.91.